The van der Waals surface area contributed by atoms with Crippen molar-refractivity contribution >= 4 is 11.8 Å². The maximum atomic E-state index is 11.7. The Morgan fingerprint density at radius 1 is 1.29 bits per heavy atom. The van der Waals surface area contributed by atoms with Crippen LogP contribution < -0.4 is 11.1 Å². The predicted molar refractivity (Wildman–Crippen MR) is 59.6 cm³/mol. The number of amides is 2. The number of nitrogens with one attached hydrogen (secondary N) is 1. The fourth-order valence-electron chi connectivity index (χ4n) is 1.36. The molecule has 0 saturated heterocycles. The summed E-state index contributed by atoms with van der Waals surface area (Å²) < 4.78 is 0. The van der Waals surface area contributed by atoms with Gasteiger partial charge in [0, 0.05) is 12.1 Å². The zero-order chi connectivity index (χ0) is 12.9. The van der Waals surface area contributed by atoms with Crippen LogP contribution in [0, 0.1) is 0 Å². The van der Waals surface area contributed by atoms with Crippen LogP contribution in [-0.2, 0) is 15.2 Å². The van der Waals surface area contributed by atoms with E-state index < -0.39 is 17.4 Å². The van der Waals surface area contributed by atoms with E-state index in [4.69, 9.17) is 10.8 Å². The van der Waals surface area contributed by atoms with E-state index in [0.29, 0.717) is 0 Å². The van der Waals surface area contributed by atoms with E-state index in [1.165, 1.54) is 12.1 Å². The van der Waals surface area contributed by atoms with E-state index >= 15 is 0 Å². The van der Waals surface area contributed by atoms with Crippen LogP contribution >= 0.6 is 0 Å². The normalized spacial score (nSPS) is 13.8. The monoisotopic (exact) mass is 238 g/mol. The molecule has 0 aliphatic rings. The van der Waals surface area contributed by atoms with Gasteiger partial charge in [-0.3, -0.25) is 9.59 Å². The fraction of sp³-hybridized carbons (Fsp3) is 0.273. The summed E-state index contributed by atoms with van der Waals surface area (Å²) in [6, 6.07) is 7.66. The maximum absolute atomic E-state index is 11.7. The van der Waals surface area contributed by atoms with Gasteiger partial charge >= 0.3 is 0 Å². The Morgan fingerprint density at radius 2 is 1.88 bits per heavy atom. The Kier molecular flexibility index (Phi) is 4.19. The van der Waals surface area contributed by atoms with Gasteiger partial charge < -0.3 is 21.3 Å². The van der Waals surface area contributed by atoms with Crippen LogP contribution in [0.5, 0.6) is 0 Å². The molecule has 0 heterocycles. The second-order valence-electron chi connectivity index (χ2n) is 3.42. The Hall–Kier alpha value is -1.92. The molecule has 0 spiro atoms. The highest BCUT2D eigenvalue weighted by Gasteiger charge is 2.43. The third-order valence-corrected chi connectivity index (χ3v) is 2.27. The van der Waals surface area contributed by atoms with Gasteiger partial charge in [0.1, 0.15) is 0 Å². The molecule has 6 heteroatoms. The van der Waals surface area contributed by atoms with Gasteiger partial charge in [-0.2, -0.15) is 0 Å². The van der Waals surface area contributed by atoms with Gasteiger partial charge in [0.2, 0.25) is 5.60 Å². The van der Waals surface area contributed by atoms with Crippen molar-refractivity contribution in [2.75, 3.05) is 13.2 Å². The van der Waals surface area contributed by atoms with E-state index in [1.807, 2.05) is 0 Å². The minimum atomic E-state index is -2.42. The van der Waals surface area contributed by atoms with E-state index in [0.717, 1.165) is 0 Å². The second-order valence-corrected chi connectivity index (χ2v) is 3.42. The summed E-state index contributed by atoms with van der Waals surface area (Å²) in [5.74, 6) is -2.12. The molecule has 0 radical (unpaired) electrons. The first-order valence-corrected chi connectivity index (χ1v) is 5.00. The molecule has 1 atom stereocenters. The lowest BCUT2D eigenvalue weighted by Crippen LogP contribution is -2.53. The average molecular weight is 238 g/mol. The molecule has 0 fully saturated rings. The Morgan fingerprint density at radius 3 is 2.35 bits per heavy atom. The van der Waals surface area contributed by atoms with Gasteiger partial charge in [0.15, 0.2) is 0 Å². The van der Waals surface area contributed by atoms with Gasteiger partial charge in [-0.1, -0.05) is 30.3 Å². The maximum Gasteiger partial charge on any atom is 0.266 e. The quantitative estimate of drug-likeness (QED) is 0.466. The lowest BCUT2D eigenvalue weighted by atomic mass is 9.92. The van der Waals surface area contributed by atoms with Gasteiger partial charge in [-0.15, -0.1) is 0 Å². The molecule has 6 nitrogen and oxygen atoms in total. The fourth-order valence-corrected chi connectivity index (χ4v) is 1.36. The summed E-state index contributed by atoms with van der Waals surface area (Å²) in [6.45, 7) is -0.364. The lowest BCUT2D eigenvalue weighted by Gasteiger charge is -2.23. The molecule has 17 heavy (non-hydrogen) atoms. The number of rotatable bonds is 5. The highest BCUT2D eigenvalue weighted by molar-refractivity contribution is 6.08. The van der Waals surface area contributed by atoms with Gasteiger partial charge in [-0.05, 0) is 0 Å². The standard InChI is InChI=1S/C11H14N2O4/c12-9(15)11(17,10(16)13-6-7-14)8-4-2-1-3-5-8/h1-5,14,17H,6-7H2,(H2,12,15)(H,13,16). The first-order valence-electron chi connectivity index (χ1n) is 5.00. The van der Waals surface area contributed by atoms with Crippen molar-refractivity contribution in [2.24, 2.45) is 5.73 Å². The zero-order valence-corrected chi connectivity index (χ0v) is 9.09. The summed E-state index contributed by atoms with van der Waals surface area (Å²) in [7, 11) is 0. The van der Waals surface area contributed by atoms with Crippen LogP contribution in [-0.4, -0.2) is 35.2 Å². The number of aliphatic hydroxyl groups excluding tert-OH is 1. The van der Waals surface area contributed by atoms with Crippen LogP contribution in [0.1, 0.15) is 5.56 Å². The predicted octanol–water partition coefficient (Wildman–Crippen LogP) is -1.53. The number of benzene rings is 1. The van der Waals surface area contributed by atoms with E-state index in [-0.39, 0.29) is 18.7 Å². The Balaban J connectivity index is 3.06. The molecule has 5 N–H and O–H groups in total. The van der Waals surface area contributed by atoms with Crippen LogP contribution in [0.15, 0.2) is 30.3 Å². The SMILES string of the molecule is NC(=O)C(O)(C(=O)NCCO)c1ccccc1. The Labute approximate surface area is 98.1 Å². The number of carbonyl (C=O) groups excluding carboxylic acids is 2. The minimum absolute atomic E-state index is 0.0682. The zero-order valence-electron chi connectivity index (χ0n) is 9.09. The molecule has 1 aromatic rings. The number of primary amides is 1. The highest BCUT2D eigenvalue weighted by Crippen LogP contribution is 2.20. The molecule has 1 aromatic carbocycles. The van der Waals surface area contributed by atoms with E-state index in [9.17, 15) is 14.7 Å². The molecule has 0 bridgehead atoms. The summed E-state index contributed by atoms with van der Waals surface area (Å²) >= 11 is 0. The third-order valence-electron chi connectivity index (χ3n) is 2.27. The topological polar surface area (TPSA) is 113 Å². The second kappa shape index (κ2) is 5.42. The number of nitrogens with two attached hydrogens (primary N) is 1. The van der Waals surface area contributed by atoms with Crippen LogP contribution in [0.3, 0.4) is 0 Å². The van der Waals surface area contributed by atoms with Crippen molar-refractivity contribution in [2.45, 2.75) is 5.60 Å². The van der Waals surface area contributed by atoms with Crippen molar-refractivity contribution in [3.8, 4) is 0 Å². The molecule has 1 rings (SSSR count). The molecular weight excluding hydrogens is 224 g/mol. The van der Waals surface area contributed by atoms with E-state index in [2.05, 4.69) is 5.32 Å². The first-order chi connectivity index (χ1) is 8.03. The van der Waals surface area contributed by atoms with Gasteiger partial charge in [0.25, 0.3) is 11.8 Å². The molecule has 2 amide bonds. The summed E-state index contributed by atoms with van der Waals surface area (Å²) in [6.07, 6.45) is 0. The molecule has 0 saturated carbocycles. The van der Waals surface area contributed by atoms with Gasteiger partial charge in [0.05, 0.1) is 6.61 Å². The molecular formula is C11H14N2O4. The smallest absolute Gasteiger partial charge is 0.266 e. The van der Waals surface area contributed by atoms with Crippen LogP contribution in [0.4, 0.5) is 0 Å². The largest absolute Gasteiger partial charge is 0.395 e. The third kappa shape index (κ3) is 2.61. The van der Waals surface area contributed by atoms with Crippen molar-refractivity contribution in [1.29, 1.82) is 0 Å². The van der Waals surface area contributed by atoms with Crippen LogP contribution in [0.25, 0.3) is 0 Å². The van der Waals surface area contributed by atoms with Crippen molar-refractivity contribution in [1.82, 2.24) is 5.32 Å². The highest BCUT2D eigenvalue weighted by atomic mass is 16.3. The lowest BCUT2D eigenvalue weighted by molar-refractivity contribution is -0.153. The summed E-state index contributed by atoms with van der Waals surface area (Å²) in [4.78, 5) is 23.0. The molecule has 92 valence electrons. The number of hydrogen-bond acceptors (Lipinski definition) is 4. The molecule has 0 aliphatic carbocycles. The number of aliphatic hydroxyl groups is 2. The van der Waals surface area contributed by atoms with Gasteiger partial charge in [-0.25, -0.2) is 0 Å². The number of hydrogen-bond donors (Lipinski definition) is 4. The number of carbonyl (C=O) groups is 2. The van der Waals surface area contributed by atoms with Crippen LogP contribution in [0.2, 0.25) is 0 Å². The first kappa shape index (κ1) is 13.1. The molecule has 0 aliphatic heterocycles. The molecule has 0 aromatic heterocycles. The van der Waals surface area contributed by atoms with Crippen molar-refractivity contribution in [3.05, 3.63) is 35.9 Å². The van der Waals surface area contributed by atoms with Crippen molar-refractivity contribution in [3.63, 3.8) is 0 Å². The molecule has 1 unspecified atom stereocenters. The Bertz CT molecular complexity index is 407. The van der Waals surface area contributed by atoms with E-state index in [1.54, 1.807) is 18.2 Å². The summed E-state index contributed by atoms with van der Waals surface area (Å²) in [5, 5.41) is 20.9. The average Bonchev–Trinajstić information content (AvgIpc) is 2.35. The summed E-state index contributed by atoms with van der Waals surface area (Å²) in [5.41, 5.74) is 2.73. The minimum Gasteiger partial charge on any atom is -0.395 e. The van der Waals surface area contributed by atoms with Crippen molar-refractivity contribution < 1.29 is 19.8 Å².